The van der Waals surface area contributed by atoms with E-state index in [9.17, 15) is 4.79 Å². The van der Waals surface area contributed by atoms with Gasteiger partial charge in [-0.1, -0.05) is 42.5 Å². The summed E-state index contributed by atoms with van der Waals surface area (Å²) in [4.78, 5) is 17.0. The highest BCUT2D eigenvalue weighted by Crippen LogP contribution is 2.40. The number of hydrogen-bond donors (Lipinski definition) is 2. The highest BCUT2D eigenvalue weighted by atomic mass is 16.2. The lowest BCUT2D eigenvalue weighted by Crippen LogP contribution is -2.27. The largest absolute Gasteiger partial charge is 0.347 e. The third-order valence-electron chi connectivity index (χ3n) is 5.11. The zero-order valence-corrected chi connectivity index (χ0v) is 14.6. The van der Waals surface area contributed by atoms with Gasteiger partial charge in [-0.3, -0.25) is 14.9 Å². The quantitative estimate of drug-likeness (QED) is 0.584. The summed E-state index contributed by atoms with van der Waals surface area (Å²) in [5.41, 5.74) is 4.59. The lowest BCUT2D eigenvalue weighted by Gasteiger charge is -2.04. The van der Waals surface area contributed by atoms with Gasteiger partial charge in [0.05, 0.1) is 5.52 Å². The van der Waals surface area contributed by atoms with Crippen LogP contribution in [-0.4, -0.2) is 27.1 Å². The third-order valence-corrected chi connectivity index (χ3v) is 5.11. The van der Waals surface area contributed by atoms with E-state index < -0.39 is 0 Å². The van der Waals surface area contributed by atoms with Gasteiger partial charge >= 0.3 is 0 Å². The highest BCUT2D eigenvalue weighted by Gasteiger charge is 2.39. The lowest BCUT2D eigenvalue weighted by molar-refractivity contribution is 0.0947. The van der Waals surface area contributed by atoms with Crippen LogP contribution in [0.2, 0.25) is 0 Å². The first-order chi connectivity index (χ1) is 13.3. The molecule has 1 saturated carbocycles. The number of amides is 1. The second kappa shape index (κ2) is 6.36. The Kier molecular flexibility index (Phi) is 3.71. The predicted molar refractivity (Wildman–Crippen MR) is 104 cm³/mol. The van der Waals surface area contributed by atoms with E-state index in [1.54, 1.807) is 6.20 Å². The minimum absolute atomic E-state index is 0.131. The van der Waals surface area contributed by atoms with Crippen LogP contribution in [0.25, 0.3) is 22.0 Å². The smallest absolute Gasteiger partial charge is 0.272 e. The van der Waals surface area contributed by atoms with Crippen molar-refractivity contribution in [1.29, 1.82) is 0 Å². The third kappa shape index (κ3) is 2.97. The summed E-state index contributed by atoms with van der Waals surface area (Å²) in [5.74, 6) is 0.263. The summed E-state index contributed by atoms with van der Waals surface area (Å²) >= 11 is 0. The van der Waals surface area contributed by atoms with Crippen LogP contribution in [0.3, 0.4) is 0 Å². The zero-order chi connectivity index (χ0) is 18.2. The van der Waals surface area contributed by atoms with Crippen LogP contribution in [0.15, 0.2) is 73.1 Å². The van der Waals surface area contributed by atoms with Crippen molar-refractivity contribution >= 4 is 16.8 Å². The Labute approximate surface area is 156 Å². The maximum atomic E-state index is 12.8. The van der Waals surface area contributed by atoms with Gasteiger partial charge in [-0.25, -0.2) is 0 Å². The molecule has 2 aromatic heterocycles. The van der Waals surface area contributed by atoms with Crippen molar-refractivity contribution in [2.45, 2.75) is 18.4 Å². The van der Waals surface area contributed by atoms with E-state index in [0.717, 1.165) is 28.5 Å². The zero-order valence-electron chi connectivity index (χ0n) is 14.6. The van der Waals surface area contributed by atoms with Crippen LogP contribution in [0.5, 0.6) is 0 Å². The Morgan fingerprint density at radius 1 is 1.04 bits per heavy atom. The van der Waals surface area contributed by atoms with Crippen molar-refractivity contribution in [3.63, 3.8) is 0 Å². The molecule has 1 fully saturated rings. The molecule has 0 aliphatic heterocycles. The van der Waals surface area contributed by atoms with Crippen molar-refractivity contribution in [3.8, 4) is 11.1 Å². The summed E-state index contributed by atoms with van der Waals surface area (Å²) < 4.78 is 0. The normalized spacial score (nSPS) is 18.4. The molecule has 4 aromatic rings. The van der Waals surface area contributed by atoms with Crippen molar-refractivity contribution < 1.29 is 4.79 Å². The number of carbonyl (C=O) groups excluding carboxylic acids is 1. The Bertz CT molecular complexity index is 1110. The SMILES string of the molecule is O=C(N[C@H]1C[C@@H]1c1ccccc1)c1n[nH]c2ccc(-c3cccnc3)cc12. The lowest BCUT2D eigenvalue weighted by atomic mass is 10.0. The molecule has 1 amide bonds. The minimum atomic E-state index is -0.131. The van der Waals surface area contributed by atoms with E-state index >= 15 is 0 Å². The molecule has 0 bridgehead atoms. The van der Waals surface area contributed by atoms with Gasteiger partial charge in [0.2, 0.25) is 0 Å². The number of fused-ring (bicyclic) bond motifs is 1. The van der Waals surface area contributed by atoms with Gasteiger partial charge in [-0.2, -0.15) is 5.10 Å². The molecule has 1 aliphatic carbocycles. The number of rotatable bonds is 4. The molecule has 2 aromatic carbocycles. The molecule has 132 valence electrons. The Morgan fingerprint density at radius 3 is 2.74 bits per heavy atom. The van der Waals surface area contributed by atoms with Crippen molar-refractivity contribution in [2.24, 2.45) is 0 Å². The maximum Gasteiger partial charge on any atom is 0.272 e. The van der Waals surface area contributed by atoms with Gasteiger partial charge in [0.1, 0.15) is 0 Å². The fraction of sp³-hybridized carbons (Fsp3) is 0.136. The summed E-state index contributed by atoms with van der Waals surface area (Å²) in [6, 6.07) is 20.3. The summed E-state index contributed by atoms with van der Waals surface area (Å²) in [5, 5.41) is 11.2. The summed E-state index contributed by atoms with van der Waals surface area (Å²) in [6.07, 6.45) is 4.53. The number of carbonyl (C=O) groups is 1. The van der Waals surface area contributed by atoms with Gasteiger partial charge < -0.3 is 5.32 Å². The summed E-state index contributed by atoms with van der Waals surface area (Å²) in [7, 11) is 0. The van der Waals surface area contributed by atoms with Crippen LogP contribution < -0.4 is 5.32 Å². The van der Waals surface area contributed by atoms with Gasteiger partial charge in [0.15, 0.2) is 5.69 Å². The second-order valence-electron chi connectivity index (χ2n) is 6.91. The number of hydrogen-bond acceptors (Lipinski definition) is 3. The molecular weight excluding hydrogens is 336 g/mol. The molecule has 2 N–H and O–H groups in total. The molecule has 0 radical (unpaired) electrons. The predicted octanol–water partition coefficient (Wildman–Crippen LogP) is 3.91. The fourth-order valence-corrected chi connectivity index (χ4v) is 3.56. The molecule has 5 nitrogen and oxygen atoms in total. The standard InChI is InChI=1S/C22H18N4O/c27-22(24-20-12-17(20)14-5-2-1-3-6-14)21-18-11-15(8-9-19(18)25-26-21)16-7-4-10-23-13-16/h1-11,13,17,20H,12H2,(H,24,27)(H,25,26)/t17-,20+/m1/s1. The molecule has 1 aliphatic rings. The van der Waals surface area contributed by atoms with E-state index in [4.69, 9.17) is 0 Å². The van der Waals surface area contributed by atoms with Gasteiger partial charge in [0.25, 0.3) is 5.91 Å². The Hall–Kier alpha value is -3.47. The van der Waals surface area contributed by atoms with Crippen LogP contribution in [0, 0.1) is 0 Å². The number of aromatic nitrogens is 3. The van der Waals surface area contributed by atoms with E-state index in [1.165, 1.54) is 5.56 Å². The van der Waals surface area contributed by atoms with Gasteiger partial charge in [-0.15, -0.1) is 0 Å². The summed E-state index contributed by atoms with van der Waals surface area (Å²) in [6.45, 7) is 0. The molecule has 27 heavy (non-hydrogen) atoms. The number of benzene rings is 2. The van der Waals surface area contributed by atoms with Crippen molar-refractivity contribution in [3.05, 3.63) is 84.3 Å². The van der Waals surface area contributed by atoms with E-state index in [-0.39, 0.29) is 11.9 Å². The first kappa shape index (κ1) is 15.8. The van der Waals surface area contributed by atoms with E-state index in [0.29, 0.717) is 11.6 Å². The number of nitrogens with one attached hydrogen (secondary N) is 2. The van der Waals surface area contributed by atoms with Crippen molar-refractivity contribution in [1.82, 2.24) is 20.5 Å². The molecular formula is C22H18N4O. The number of H-pyrrole nitrogens is 1. The second-order valence-corrected chi connectivity index (χ2v) is 6.91. The monoisotopic (exact) mass is 354 g/mol. The van der Waals surface area contributed by atoms with E-state index in [1.807, 2.05) is 54.7 Å². The maximum absolute atomic E-state index is 12.8. The average molecular weight is 354 g/mol. The first-order valence-corrected chi connectivity index (χ1v) is 9.04. The van der Waals surface area contributed by atoms with Gasteiger partial charge in [-0.05, 0) is 35.7 Å². The van der Waals surface area contributed by atoms with Crippen molar-refractivity contribution in [2.75, 3.05) is 0 Å². The molecule has 0 spiro atoms. The fourth-order valence-electron chi connectivity index (χ4n) is 3.56. The Morgan fingerprint density at radius 2 is 1.93 bits per heavy atom. The van der Waals surface area contributed by atoms with Crippen LogP contribution >= 0.6 is 0 Å². The molecule has 5 rings (SSSR count). The average Bonchev–Trinajstić information content (AvgIpc) is 3.36. The number of aromatic amines is 1. The Balaban J connectivity index is 1.39. The van der Waals surface area contributed by atoms with Crippen LogP contribution in [-0.2, 0) is 0 Å². The molecule has 2 atom stereocenters. The van der Waals surface area contributed by atoms with Gasteiger partial charge in [0, 0.05) is 35.3 Å². The van der Waals surface area contributed by atoms with Crippen LogP contribution in [0.1, 0.15) is 28.4 Å². The van der Waals surface area contributed by atoms with E-state index in [2.05, 4.69) is 32.6 Å². The first-order valence-electron chi connectivity index (χ1n) is 9.04. The molecule has 5 heteroatoms. The number of pyridine rings is 1. The minimum Gasteiger partial charge on any atom is -0.347 e. The highest BCUT2D eigenvalue weighted by molar-refractivity contribution is 6.05. The van der Waals surface area contributed by atoms with Crippen LogP contribution in [0.4, 0.5) is 0 Å². The number of nitrogens with zero attached hydrogens (tertiary/aromatic N) is 2. The topological polar surface area (TPSA) is 70.7 Å². The molecule has 0 unspecified atom stereocenters. The molecule has 2 heterocycles. The molecule has 0 saturated heterocycles.